The van der Waals surface area contributed by atoms with Crippen LogP contribution in [-0.2, 0) is 8.85 Å². The second kappa shape index (κ2) is 6.12. The Hall–Kier alpha value is -1.18. The SMILES string of the molecule is CO[Si](C)(CNC(=O)n1ccnc1C(C)C)OC. The van der Waals surface area contributed by atoms with E-state index in [1.54, 1.807) is 26.6 Å². The summed E-state index contributed by atoms with van der Waals surface area (Å²) in [4.78, 5) is 16.2. The molecule has 1 aromatic rings. The molecule has 1 aromatic heterocycles. The molecule has 0 radical (unpaired) electrons. The zero-order valence-electron chi connectivity index (χ0n) is 11.6. The Morgan fingerprint density at radius 3 is 2.61 bits per heavy atom. The van der Waals surface area contributed by atoms with Crippen molar-refractivity contribution in [2.75, 3.05) is 20.4 Å². The molecule has 6 nitrogen and oxygen atoms in total. The summed E-state index contributed by atoms with van der Waals surface area (Å²) in [6, 6.07) is -0.205. The number of carbonyl (C=O) groups excluding carboxylic acids is 1. The van der Waals surface area contributed by atoms with Gasteiger partial charge in [0.2, 0.25) is 0 Å². The van der Waals surface area contributed by atoms with Gasteiger partial charge < -0.3 is 14.2 Å². The average molecular weight is 271 g/mol. The topological polar surface area (TPSA) is 65.4 Å². The highest BCUT2D eigenvalue weighted by molar-refractivity contribution is 6.66. The molecule has 1 N–H and O–H groups in total. The molecule has 0 saturated heterocycles. The van der Waals surface area contributed by atoms with E-state index >= 15 is 0 Å². The van der Waals surface area contributed by atoms with E-state index in [9.17, 15) is 4.79 Å². The first-order valence-electron chi connectivity index (χ1n) is 5.85. The number of carbonyl (C=O) groups is 1. The molecule has 0 aliphatic carbocycles. The molecule has 0 bridgehead atoms. The second-order valence-electron chi connectivity index (χ2n) is 4.51. The standard InChI is InChI=1S/C11H21N3O3Si/c1-9(2)10-12-6-7-14(10)11(15)13-8-18(5,16-3)17-4/h6-7,9H,8H2,1-5H3,(H,13,15). The second-order valence-corrected chi connectivity index (χ2v) is 7.95. The molecule has 1 amide bonds. The van der Waals surface area contributed by atoms with Crippen molar-refractivity contribution in [3.8, 4) is 0 Å². The van der Waals surface area contributed by atoms with Crippen LogP contribution in [-0.4, -0.2) is 44.5 Å². The van der Waals surface area contributed by atoms with Crippen LogP contribution < -0.4 is 5.32 Å². The Labute approximate surface area is 109 Å². The first-order valence-corrected chi connectivity index (χ1v) is 8.37. The fourth-order valence-electron chi connectivity index (χ4n) is 1.46. The lowest BCUT2D eigenvalue weighted by Gasteiger charge is -2.23. The summed E-state index contributed by atoms with van der Waals surface area (Å²) in [6.45, 7) is 5.88. The number of nitrogens with zero attached hydrogens (tertiary/aromatic N) is 2. The fraction of sp³-hybridized carbons (Fsp3) is 0.636. The smallest absolute Gasteiger partial charge is 0.354 e. The first-order chi connectivity index (χ1) is 8.43. The lowest BCUT2D eigenvalue weighted by atomic mass is 10.2. The number of amides is 1. The molecule has 7 heteroatoms. The fourth-order valence-corrected chi connectivity index (χ4v) is 2.39. The number of aromatic nitrogens is 2. The number of imidazole rings is 1. The quantitative estimate of drug-likeness (QED) is 0.824. The Morgan fingerprint density at radius 2 is 2.11 bits per heavy atom. The van der Waals surface area contributed by atoms with E-state index < -0.39 is 8.56 Å². The Morgan fingerprint density at radius 1 is 1.50 bits per heavy atom. The minimum Gasteiger partial charge on any atom is -0.397 e. The van der Waals surface area contributed by atoms with Crippen molar-refractivity contribution in [2.45, 2.75) is 26.3 Å². The summed E-state index contributed by atoms with van der Waals surface area (Å²) < 4.78 is 12.1. The predicted octanol–water partition coefficient (Wildman–Crippen LogP) is 1.47. The highest BCUT2D eigenvalue weighted by Gasteiger charge is 2.29. The Kier molecular flexibility index (Phi) is 5.06. The Balaban J connectivity index is 2.69. The zero-order chi connectivity index (χ0) is 13.8. The van der Waals surface area contributed by atoms with Crippen molar-refractivity contribution in [3.63, 3.8) is 0 Å². The highest BCUT2D eigenvalue weighted by Crippen LogP contribution is 2.11. The van der Waals surface area contributed by atoms with Crippen LogP contribution >= 0.6 is 0 Å². The third kappa shape index (κ3) is 3.41. The summed E-state index contributed by atoms with van der Waals surface area (Å²) in [5, 5.41) is 2.82. The van der Waals surface area contributed by atoms with Crippen LogP contribution in [0.2, 0.25) is 6.55 Å². The first kappa shape index (κ1) is 14.9. The lowest BCUT2D eigenvalue weighted by molar-refractivity contribution is 0.231. The van der Waals surface area contributed by atoms with Gasteiger partial charge in [-0.05, 0) is 6.55 Å². The number of hydrogen-bond acceptors (Lipinski definition) is 4. The van der Waals surface area contributed by atoms with E-state index in [0.717, 1.165) is 5.82 Å². The van der Waals surface area contributed by atoms with Gasteiger partial charge >= 0.3 is 14.6 Å². The van der Waals surface area contributed by atoms with E-state index in [2.05, 4.69) is 10.3 Å². The van der Waals surface area contributed by atoms with E-state index in [1.807, 2.05) is 20.4 Å². The molecular formula is C11H21N3O3Si. The van der Waals surface area contributed by atoms with Gasteiger partial charge in [0.15, 0.2) is 0 Å². The average Bonchev–Trinajstić information content (AvgIpc) is 2.85. The maximum absolute atomic E-state index is 12.0. The normalized spacial score (nSPS) is 11.9. The minimum absolute atomic E-state index is 0.194. The van der Waals surface area contributed by atoms with Gasteiger partial charge in [0, 0.05) is 32.5 Å². The molecule has 1 rings (SSSR count). The minimum atomic E-state index is -2.28. The van der Waals surface area contributed by atoms with Crippen LogP contribution in [0.4, 0.5) is 4.79 Å². The maximum atomic E-state index is 12.0. The van der Waals surface area contributed by atoms with Crippen LogP contribution in [0.3, 0.4) is 0 Å². The monoisotopic (exact) mass is 271 g/mol. The van der Waals surface area contributed by atoms with Gasteiger partial charge in [-0.25, -0.2) is 9.78 Å². The molecule has 0 aliphatic rings. The van der Waals surface area contributed by atoms with Gasteiger partial charge in [-0.1, -0.05) is 13.8 Å². The summed E-state index contributed by atoms with van der Waals surface area (Å²) >= 11 is 0. The number of nitrogens with one attached hydrogen (secondary N) is 1. The van der Waals surface area contributed by atoms with Crippen LogP contribution in [0.1, 0.15) is 25.6 Å². The van der Waals surface area contributed by atoms with Crippen LogP contribution in [0.25, 0.3) is 0 Å². The third-order valence-corrected chi connectivity index (χ3v) is 5.38. The maximum Gasteiger partial charge on any atom is 0.354 e. The molecule has 0 spiro atoms. The summed E-state index contributed by atoms with van der Waals surface area (Å²) in [5.74, 6) is 0.935. The third-order valence-electron chi connectivity index (χ3n) is 2.83. The van der Waals surface area contributed by atoms with Crippen LogP contribution in [0, 0.1) is 0 Å². The zero-order valence-corrected chi connectivity index (χ0v) is 12.6. The number of rotatable bonds is 5. The van der Waals surface area contributed by atoms with Crippen molar-refractivity contribution in [1.82, 2.24) is 14.9 Å². The lowest BCUT2D eigenvalue weighted by Crippen LogP contribution is -2.49. The van der Waals surface area contributed by atoms with E-state index in [-0.39, 0.29) is 11.9 Å². The van der Waals surface area contributed by atoms with E-state index in [4.69, 9.17) is 8.85 Å². The summed E-state index contributed by atoms with van der Waals surface area (Å²) in [7, 11) is 0.909. The molecule has 18 heavy (non-hydrogen) atoms. The van der Waals surface area contributed by atoms with Crippen molar-refractivity contribution in [1.29, 1.82) is 0 Å². The van der Waals surface area contributed by atoms with Crippen LogP contribution in [0.15, 0.2) is 12.4 Å². The molecule has 102 valence electrons. The van der Waals surface area contributed by atoms with E-state index in [1.165, 1.54) is 4.57 Å². The molecule has 0 saturated carbocycles. The largest absolute Gasteiger partial charge is 0.397 e. The molecular weight excluding hydrogens is 250 g/mol. The van der Waals surface area contributed by atoms with Crippen LogP contribution in [0.5, 0.6) is 0 Å². The van der Waals surface area contributed by atoms with Gasteiger partial charge in [0.25, 0.3) is 0 Å². The molecule has 0 aromatic carbocycles. The number of hydrogen-bond donors (Lipinski definition) is 1. The van der Waals surface area contributed by atoms with Crippen molar-refractivity contribution in [3.05, 3.63) is 18.2 Å². The molecule has 0 fully saturated rings. The van der Waals surface area contributed by atoms with Gasteiger partial charge in [-0.2, -0.15) is 0 Å². The molecule has 0 unspecified atom stereocenters. The van der Waals surface area contributed by atoms with E-state index in [0.29, 0.717) is 6.17 Å². The molecule has 1 heterocycles. The van der Waals surface area contributed by atoms with Crippen molar-refractivity contribution >= 4 is 14.6 Å². The van der Waals surface area contributed by atoms with Crippen molar-refractivity contribution in [2.24, 2.45) is 0 Å². The predicted molar refractivity (Wildman–Crippen MR) is 70.7 cm³/mol. The van der Waals surface area contributed by atoms with Crippen molar-refractivity contribution < 1.29 is 13.6 Å². The van der Waals surface area contributed by atoms with Gasteiger partial charge in [-0.15, -0.1) is 0 Å². The molecule has 0 aliphatic heterocycles. The Bertz CT molecular complexity index is 402. The van der Waals surface area contributed by atoms with Gasteiger partial charge in [0.05, 0.1) is 6.17 Å². The van der Waals surface area contributed by atoms with Gasteiger partial charge in [-0.3, -0.25) is 4.57 Å². The highest BCUT2D eigenvalue weighted by atomic mass is 28.4. The summed E-state index contributed by atoms with van der Waals surface area (Å²) in [6.07, 6.45) is 3.68. The van der Waals surface area contributed by atoms with Gasteiger partial charge in [0.1, 0.15) is 5.82 Å². The molecule has 0 atom stereocenters. The summed E-state index contributed by atoms with van der Waals surface area (Å²) in [5.41, 5.74) is 0.